The van der Waals surface area contributed by atoms with E-state index in [2.05, 4.69) is 4.74 Å². The predicted octanol–water partition coefficient (Wildman–Crippen LogP) is -0.0492. The van der Waals surface area contributed by atoms with E-state index >= 15 is 0 Å². The minimum Gasteiger partial charge on any atom is -0.387 e. The highest BCUT2D eigenvalue weighted by molar-refractivity contribution is 6.35. The summed E-state index contributed by atoms with van der Waals surface area (Å²) in [5.74, 6) is -2.81. The van der Waals surface area contributed by atoms with Gasteiger partial charge in [0.25, 0.3) is 0 Å². The summed E-state index contributed by atoms with van der Waals surface area (Å²) >= 11 is 10.2. The van der Waals surface area contributed by atoms with Crippen molar-refractivity contribution < 1.29 is 24.5 Å². The highest BCUT2D eigenvalue weighted by Crippen LogP contribution is 2.16. The molecule has 0 aromatic heterocycles. The molecule has 0 aliphatic rings. The van der Waals surface area contributed by atoms with Gasteiger partial charge in [0.1, 0.15) is 0 Å². The van der Waals surface area contributed by atoms with Crippen molar-refractivity contribution in [2.45, 2.75) is 24.0 Å². The minimum absolute atomic E-state index is 0.910. The number of carbonyl (C=O) groups excluding carboxylic acids is 2. The molecule has 0 aromatic rings. The molecule has 76 valence electrons. The van der Waals surface area contributed by atoms with E-state index in [0.717, 1.165) is 13.8 Å². The van der Waals surface area contributed by atoms with E-state index in [1.54, 1.807) is 0 Å². The molecule has 2 atom stereocenters. The lowest BCUT2D eigenvalue weighted by molar-refractivity contribution is -0.174. The van der Waals surface area contributed by atoms with Crippen LogP contribution in [0.1, 0.15) is 13.8 Å². The van der Waals surface area contributed by atoms with Gasteiger partial charge in [0.05, 0.1) is 0 Å². The molecule has 13 heavy (non-hydrogen) atoms. The molecule has 5 nitrogen and oxygen atoms in total. The Kier molecular flexibility index (Phi) is 3.69. The average molecular weight is 231 g/mol. The van der Waals surface area contributed by atoms with Crippen LogP contribution in [0.2, 0.25) is 0 Å². The van der Waals surface area contributed by atoms with Crippen LogP contribution in [0.15, 0.2) is 0 Å². The summed E-state index contributed by atoms with van der Waals surface area (Å²) in [4.78, 5) is 21.5. The van der Waals surface area contributed by atoms with Crippen molar-refractivity contribution >= 4 is 35.1 Å². The molecule has 0 amide bonds. The summed E-state index contributed by atoms with van der Waals surface area (Å²) in [5.41, 5.74) is 0. The van der Waals surface area contributed by atoms with Crippen LogP contribution < -0.4 is 0 Å². The number of ether oxygens (including phenoxy) is 1. The molecule has 0 bridgehead atoms. The van der Waals surface area contributed by atoms with Crippen molar-refractivity contribution in [3.05, 3.63) is 0 Å². The van der Waals surface area contributed by atoms with E-state index in [1.807, 2.05) is 0 Å². The first kappa shape index (κ1) is 12.6. The Labute approximate surface area is 84.2 Å². The van der Waals surface area contributed by atoms with Crippen LogP contribution in [-0.2, 0) is 14.3 Å². The average Bonchev–Trinajstić information content (AvgIpc) is 1.82. The lowest BCUT2D eigenvalue weighted by Gasteiger charge is -2.16. The molecular formula is C6H8Cl2O5. The Hall–Kier alpha value is -0.360. The third kappa shape index (κ3) is 4.42. The maximum Gasteiger partial charge on any atom is 0.361 e. The number of aliphatic hydroxyl groups is 2. The quantitative estimate of drug-likeness (QED) is 0.395. The topological polar surface area (TPSA) is 83.8 Å². The molecule has 7 heteroatoms. The summed E-state index contributed by atoms with van der Waals surface area (Å²) in [6, 6.07) is 0. The molecule has 0 rings (SSSR count). The Balaban J connectivity index is 4.34. The van der Waals surface area contributed by atoms with Crippen molar-refractivity contribution in [3.8, 4) is 0 Å². The van der Waals surface area contributed by atoms with E-state index in [-0.39, 0.29) is 0 Å². The second-order valence-corrected chi connectivity index (χ2v) is 4.06. The predicted molar refractivity (Wildman–Crippen MR) is 44.1 cm³/mol. The molecule has 0 saturated heterocycles. The van der Waals surface area contributed by atoms with Gasteiger partial charge < -0.3 is 14.9 Å². The molecule has 0 radical (unpaired) electrons. The summed E-state index contributed by atoms with van der Waals surface area (Å²) < 4.78 is 3.94. The van der Waals surface area contributed by atoms with Gasteiger partial charge in [-0.05, 0) is 13.8 Å². The molecule has 2 unspecified atom stereocenters. The fraction of sp³-hybridized carbons (Fsp3) is 0.667. The molecule has 0 saturated carbocycles. The highest BCUT2D eigenvalue weighted by atomic mass is 35.5. The van der Waals surface area contributed by atoms with Crippen LogP contribution in [0.5, 0.6) is 0 Å². The lowest BCUT2D eigenvalue weighted by atomic mass is 10.4. The SMILES string of the molecule is CC(O)(Cl)C(=O)OC(=O)C(C)(O)Cl. The van der Waals surface area contributed by atoms with Crippen LogP contribution in [0, 0.1) is 0 Å². The molecule has 0 fully saturated rings. The van der Waals surface area contributed by atoms with Gasteiger partial charge in [-0.25, -0.2) is 9.59 Å². The lowest BCUT2D eigenvalue weighted by Crippen LogP contribution is -2.38. The highest BCUT2D eigenvalue weighted by Gasteiger charge is 2.37. The van der Waals surface area contributed by atoms with Crippen LogP contribution in [0.25, 0.3) is 0 Å². The molecular weight excluding hydrogens is 223 g/mol. The fourth-order valence-corrected chi connectivity index (χ4v) is 0.348. The van der Waals surface area contributed by atoms with E-state index < -0.39 is 22.1 Å². The summed E-state index contributed by atoms with van der Waals surface area (Å²) in [5, 5.41) is 13.0. The summed E-state index contributed by atoms with van der Waals surface area (Å²) in [6.07, 6.45) is 0. The van der Waals surface area contributed by atoms with Crippen molar-refractivity contribution in [2.24, 2.45) is 0 Å². The number of carbonyl (C=O) groups is 2. The molecule has 0 aromatic carbocycles. The van der Waals surface area contributed by atoms with E-state index in [0.29, 0.717) is 0 Å². The Morgan fingerprint density at radius 2 is 1.31 bits per heavy atom. The van der Waals surface area contributed by atoms with Crippen LogP contribution in [-0.4, -0.2) is 32.3 Å². The number of halogens is 2. The van der Waals surface area contributed by atoms with Gasteiger partial charge in [0.15, 0.2) is 0 Å². The van der Waals surface area contributed by atoms with E-state index in [4.69, 9.17) is 33.4 Å². The van der Waals surface area contributed by atoms with E-state index in [9.17, 15) is 9.59 Å². The zero-order chi connectivity index (χ0) is 10.9. The number of hydrogen-bond donors (Lipinski definition) is 2. The van der Waals surface area contributed by atoms with Crippen molar-refractivity contribution in [2.75, 3.05) is 0 Å². The van der Waals surface area contributed by atoms with Gasteiger partial charge in [-0.15, -0.1) is 0 Å². The number of esters is 2. The van der Waals surface area contributed by atoms with Crippen molar-refractivity contribution in [3.63, 3.8) is 0 Å². The first-order valence-corrected chi connectivity index (χ1v) is 3.90. The smallest absolute Gasteiger partial charge is 0.361 e. The first-order valence-electron chi connectivity index (χ1n) is 3.14. The third-order valence-electron chi connectivity index (χ3n) is 0.931. The van der Waals surface area contributed by atoms with Gasteiger partial charge in [0.2, 0.25) is 10.1 Å². The van der Waals surface area contributed by atoms with Gasteiger partial charge in [-0.2, -0.15) is 0 Å². The first-order chi connectivity index (χ1) is 5.55. The zero-order valence-corrected chi connectivity index (χ0v) is 8.39. The Morgan fingerprint density at radius 1 is 1.08 bits per heavy atom. The molecule has 0 heterocycles. The Morgan fingerprint density at radius 3 is 1.46 bits per heavy atom. The standard InChI is InChI=1S/C6H8Cl2O5/c1-5(7,11)3(9)13-4(10)6(2,8)12/h11-12H,1-2H3. The zero-order valence-electron chi connectivity index (χ0n) is 6.88. The molecule has 0 aliphatic carbocycles. The number of rotatable bonds is 2. The summed E-state index contributed by atoms with van der Waals surface area (Å²) in [7, 11) is 0. The van der Waals surface area contributed by atoms with Crippen LogP contribution >= 0.6 is 23.2 Å². The van der Waals surface area contributed by atoms with Crippen LogP contribution in [0.4, 0.5) is 0 Å². The monoisotopic (exact) mass is 230 g/mol. The fourth-order valence-electron chi connectivity index (χ4n) is 0.270. The maximum atomic E-state index is 10.7. The third-order valence-corrected chi connectivity index (χ3v) is 1.24. The Bertz CT molecular complexity index is 200. The molecule has 2 N–H and O–H groups in total. The van der Waals surface area contributed by atoms with Gasteiger partial charge in [0, 0.05) is 0 Å². The van der Waals surface area contributed by atoms with Crippen molar-refractivity contribution in [1.29, 1.82) is 0 Å². The van der Waals surface area contributed by atoms with Gasteiger partial charge >= 0.3 is 11.9 Å². The van der Waals surface area contributed by atoms with Gasteiger partial charge in [-0.3, -0.25) is 0 Å². The summed E-state index contributed by atoms with van der Waals surface area (Å²) in [6.45, 7) is 1.82. The van der Waals surface area contributed by atoms with Crippen molar-refractivity contribution in [1.82, 2.24) is 0 Å². The van der Waals surface area contributed by atoms with Gasteiger partial charge in [-0.1, -0.05) is 23.2 Å². The van der Waals surface area contributed by atoms with Crippen LogP contribution in [0.3, 0.4) is 0 Å². The molecule has 0 spiro atoms. The number of alkyl halides is 2. The largest absolute Gasteiger partial charge is 0.387 e. The normalized spacial score (nSPS) is 19.8. The maximum absolute atomic E-state index is 10.7. The minimum atomic E-state index is -2.32. The van der Waals surface area contributed by atoms with E-state index in [1.165, 1.54) is 0 Å². The second kappa shape index (κ2) is 3.79. The number of hydrogen-bond acceptors (Lipinski definition) is 5. The molecule has 0 aliphatic heterocycles. The second-order valence-electron chi connectivity index (χ2n) is 2.58.